The van der Waals surface area contributed by atoms with E-state index in [4.69, 9.17) is 0 Å². The summed E-state index contributed by atoms with van der Waals surface area (Å²) in [4.78, 5) is 11.6. The first kappa shape index (κ1) is 8.69. The van der Waals surface area contributed by atoms with E-state index < -0.39 is 0 Å². The maximum atomic E-state index is 13.7. The quantitative estimate of drug-likeness (QED) is 0.468. The van der Waals surface area contributed by atoms with Crippen molar-refractivity contribution < 1.29 is 4.39 Å². The van der Waals surface area contributed by atoms with Crippen molar-refractivity contribution in [3.63, 3.8) is 0 Å². The fraction of sp³-hybridized carbons (Fsp3) is 0. The summed E-state index contributed by atoms with van der Waals surface area (Å²) in [5, 5.41) is 0.979. The van der Waals surface area contributed by atoms with Crippen molar-refractivity contribution in [1.82, 2.24) is 19.4 Å². The molecule has 0 aliphatic rings. The lowest BCUT2D eigenvalue weighted by molar-refractivity contribution is 0.568. The highest BCUT2D eigenvalue weighted by atomic mass is 19.1. The summed E-state index contributed by atoms with van der Waals surface area (Å²) in [5.74, 6) is 0.000981. The second-order valence-corrected chi connectivity index (χ2v) is 3.88. The fourth-order valence-electron chi connectivity index (χ4n) is 2.17. The van der Waals surface area contributed by atoms with E-state index in [2.05, 4.69) is 15.0 Å². The first-order valence-electron chi connectivity index (χ1n) is 5.24. The van der Waals surface area contributed by atoms with Gasteiger partial charge in [0, 0.05) is 23.2 Å². The number of benzene rings is 1. The largest absolute Gasteiger partial charge is 0.339 e. The summed E-state index contributed by atoms with van der Waals surface area (Å²) in [7, 11) is 0. The summed E-state index contributed by atoms with van der Waals surface area (Å²) < 4.78 is 15.1. The van der Waals surface area contributed by atoms with Gasteiger partial charge in [0.05, 0.1) is 0 Å². The Morgan fingerprint density at radius 3 is 3.00 bits per heavy atom. The summed E-state index contributed by atoms with van der Waals surface area (Å²) in [6.45, 7) is 0. The number of aromatic nitrogens is 4. The van der Waals surface area contributed by atoms with Gasteiger partial charge in [-0.25, -0.2) is 14.4 Å². The van der Waals surface area contributed by atoms with Gasteiger partial charge in [-0.3, -0.25) is 0 Å². The van der Waals surface area contributed by atoms with E-state index in [9.17, 15) is 4.39 Å². The number of aromatic amines is 1. The minimum atomic E-state index is -0.371. The monoisotopic (exact) mass is 226 g/mol. The van der Waals surface area contributed by atoms with Crippen LogP contribution in [0.15, 0.2) is 36.5 Å². The SMILES string of the molecule is Fc1ccnc2nc3c4ccccc4[nH]c3n12. The normalized spacial score (nSPS) is 11.8. The smallest absolute Gasteiger partial charge is 0.238 e. The summed E-state index contributed by atoms with van der Waals surface area (Å²) in [6.07, 6.45) is 1.42. The second-order valence-electron chi connectivity index (χ2n) is 3.88. The lowest BCUT2D eigenvalue weighted by Gasteiger charge is -1.94. The molecular formula is C12H7FN4. The van der Waals surface area contributed by atoms with E-state index in [1.807, 2.05) is 24.3 Å². The van der Waals surface area contributed by atoms with E-state index >= 15 is 0 Å². The zero-order chi connectivity index (χ0) is 11.4. The van der Waals surface area contributed by atoms with Crippen LogP contribution in [-0.2, 0) is 0 Å². The molecule has 0 amide bonds. The molecule has 0 radical (unpaired) electrons. The van der Waals surface area contributed by atoms with Gasteiger partial charge in [0.1, 0.15) is 11.2 Å². The highest BCUT2D eigenvalue weighted by Crippen LogP contribution is 2.25. The average molecular weight is 226 g/mol. The molecule has 17 heavy (non-hydrogen) atoms. The molecule has 3 aromatic heterocycles. The van der Waals surface area contributed by atoms with Gasteiger partial charge in [0.2, 0.25) is 11.7 Å². The molecule has 4 rings (SSSR count). The first-order chi connectivity index (χ1) is 8.34. The minimum Gasteiger partial charge on any atom is -0.339 e. The Bertz CT molecular complexity index is 859. The molecule has 0 unspecified atom stereocenters. The molecular weight excluding hydrogens is 219 g/mol. The summed E-state index contributed by atoms with van der Waals surface area (Å²) in [5.41, 5.74) is 2.34. The molecule has 5 heteroatoms. The van der Waals surface area contributed by atoms with E-state index in [-0.39, 0.29) is 5.95 Å². The lowest BCUT2D eigenvalue weighted by Crippen LogP contribution is -1.94. The van der Waals surface area contributed by atoms with E-state index in [1.165, 1.54) is 16.7 Å². The third-order valence-electron chi connectivity index (χ3n) is 2.91. The highest BCUT2D eigenvalue weighted by molar-refractivity contribution is 6.04. The number of hydrogen-bond acceptors (Lipinski definition) is 2. The predicted molar refractivity (Wildman–Crippen MR) is 62.3 cm³/mol. The maximum Gasteiger partial charge on any atom is 0.238 e. The number of rotatable bonds is 0. The van der Waals surface area contributed by atoms with Crippen molar-refractivity contribution in [2.45, 2.75) is 0 Å². The van der Waals surface area contributed by atoms with Crippen LogP contribution in [0.25, 0.3) is 27.8 Å². The molecule has 4 nitrogen and oxygen atoms in total. The molecule has 0 fully saturated rings. The van der Waals surface area contributed by atoms with Crippen LogP contribution in [-0.4, -0.2) is 19.4 Å². The third kappa shape index (κ3) is 1.00. The van der Waals surface area contributed by atoms with Crippen LogP contribution in [0.4, 0.5) is 4.39 Å². The summed E-state index contributed by atoms with van der Waals surface area (Å²) in [6, 6.07) is 9.08. The molecule has 0 aliphatic carbocycles. The van der Waals surface area contributed by atoms with Gasteiger partial charge in [-0.2, -0.15) is 4.39 Å². The van der Waals surface area contributed by atoms with Gasteiger partial charge in [-0.05, 0) is 6.07 Å². The van der Waals surface area contributed by atoms with Crippen LogP contribution in [0.3, 0.4) is 0 Å². The van der Waals surface area contributed by atoms with Crippen LogP contribution in [0.2, 0.25) is 0 Å². The minimum absolute atomic E-state index is 0.371. The van der Waals surface area contributed by atoms with Crippen molar-refractivity contribution >= 4 is 27.8 Å². The van der Waals surface area contributed by atoms with E-state index in [0.29, 0.717) is 11.4 Å². The Morgan fingerprint density at radius 1 is 1.18 bits per heavy atom. The molecule has 4 aromatic rings. The van der Waals surface area contributed by atoms with Crippen molar-refractivity contribution in [1.29, 1.82) is 0 Å². The molecule has 1 aromatic carbocycles. The zero-order valence-electron chi connectivity index (χ0n) is 8.68. The Hall–Kier alpha value is -2.43. The fourth-order valence-corrected chi connectivity index (χ4v) is 2.17. The van der Waals surface area contributed by atoms with Gasteiger partial charge >= 0.3 is 0 Å². The number of nitrogens with one attached hydrogen (secondary N) is 1. The Labute approximate surface area is 94.7 Å². The Balaban J connectivity index is 2.35. The first-order valence-corrected chi connectivity index (χ1v) is 5.24. The number of imidazole rings is 1. The number of fused-ring (bicyclic) bond motifs is 5. The standard InChI is InChI=1S/C12H7FN4/c13-9-5-6-14-12-16-10-7-3-1-2-4-8(7)15-11(10)17(9)12/h1-6,15H. The number of para-hydroxylation sites is 1. The van der Waals surface area contributed by atoms with E-state index in [0.717, 1.165) is 16.4 Å². The molecule has 0 aliphatic heterocycles. The molecule has 0 spiro atoms. The van der Waals surface area contributed by atoms with Crippen molar-refractivity contribution in [3.05, 3.63) is 42.5 Å². The third-order valence-corrected chi connectivity index (χ3v) is 2.91. The summed E-state index contributed by atoms with van der Waals surface area (Å²) >= 11 is 0. The molecule has 0 atom stereocenters. The number of halogens is 1. The number of H-pyrrole nitrogens is 1. The van der Waals surface area contributed by atoms with Crippen molar-refractivity contribution in [2.75, 3.05) is 0 Å². The van der Waals surface area contributed by atoms with E-state index in [1.54, 1.807) is 0 Å². The molecule has 0 bridgehead atoms. The van der Waals surface area contributed by atoms with Crippen LogP contribution >= 0.6 is 0 Å². The Morgan fingerprint density at radius 2 is 2.06 bits per heavy atom. The van der Waals surface area contributed by atoms with Crippen LogP contribution in [0, 0.1) is 5.95 Å². The Kier molecular flexibility index (Phi) is 1.44. The van der Waals surface area contributed by atoms with Gasteiger partial charge < -0.3 is 4.98 Å². The van der Waals surface area contributed by atoms with Gasteiger partial charge in [-0.15, -0.1) is 0 Å². The van der Waals surface area contributed by atoms with Crippen LogP contribution in [0.5, 0.6) is 0 Å². The van der Waals surface area contributed by atoms with Crippen molar-refractivity contribution in [3.8, 4) is 0 Å². The average Bonchev–Trinajstić information content (AvgIpc) is 2.85. The highest BCUT2D eigenvalue weighted by Gasteiger charge is 2.13. The van der Waals surface area contributed by atoms with Gasteiger partial charge in [-0.1, -0.05) is 18.2 Å². The predicted octanol–water partition coefficient (Wildman–Crippen LogP) is 2.50. The second kappa shape index (κ2) is 2.82. The lowest BCUT2D eigenvalue weighted by atomic mass is 10.2. The van der Waals surface area contributed by atoms with Gasteiger partial charge in [0.25, 0.3) is 0 Å². The number of nitrogens with zero attached hydrogens (tertiary/aromatic N) is 3. The maximum absolute atomic E-state index is 13.7. The number of hydrogen-bond donors (Lipinski definition) is 1. The van der Waals surface area contributed by atoms with Gasteiger partial charge in [0.15, 0.2) is 0 Å². The van der Waals surface area contributed by atoms with Crippen molar-refractivity contribution in [2.24, 2.45) is 0 Å². The zero-order valence-corrected chi connectivity index (χ0v) is 8.68. The molecule has 1 N–H and O–H groups in total. The molecule has 3 heterocycles. The van der Waals surface area contributed by atoms with Crippen LogP contribution < -0.4 is 0 Å². The molecule has 0 saturated heterocycles. The topological polar surface area (TPSA) is 46.0 Å². The van der Waals surface area contributed by atoms with Crippen LogP contribution in [0.1, 0.15) is 0 Å². The molecule has 0 saturated carbocycles. The molecule has 82 valence electrons.